The number of carbonyl (C=O) groups excluding carboxylic acids is 8. The molecule has 2 aromatic rings. The average Bonchev–Trinajstić information content (AvgIpc) is 1.56. The van der Waals surface area contributed by atoms with Crippen molar-refractivity contribution in [2.24, 2.45) is 52.3 Å². The monoisotopic (exact) mass is 1400 g/mol. The van der Waals surface area contributed by atoms with Gasteiger partial charge in [0.15, 0.2) is 48.9 Å². The lowest BCUT2D eigenvalue weighted by Crippen LogP contribution is -2.68. The Hall–Kier alpha value is -4.79. The van der Waals surface area contributed by atoms with Gasteiger partial charge in [-0.25, -0.2) is 9.59 Å². The molecule has 93 heavy (non-hydrogen) atoms. The fraction of sp³-hybridized carbons (Fsp3) is 0.692. The summed E-state index contributed by atoms with van der Waals surface area (Å²) in [4.78, 5) is 110. The minimum absolute atomic E-state index is 0.00228. The normalized spacial score (nSPS) is 37.5. The second kappa shape index (κ2) is 31.2. The summed E-state index contributed by atoms with van der Waals surface area (Å²) in [6, 6.07) is 17.6. The summed E-state index contributed by atoms with van der Waals surface area (Å²) in [7, 11) is 0. The van der Waals surface area contributed by atoms with Gasteiger partial charge in [0.05, 0.1) is 18.8 Å². The van der Waals surface area contributed by atoms with E-state index in [-0.39, 0.29) is 65.9 Å². The molecule has 4 saturated carbocycles. The molecule has 0 bridgehead atoms. The fourth-order valence-electron chi connectivity index (χ4n) is 16.5. The number of hydrogen-bond acceptors (Lipinski definition) is 21. The first-order valence-corrected chi connectivity index (χ1v) is 34.4. The molecule has 4 aliphatic carbocycles. The van der Waals surface area contributed by atoms with Crippen LogP contribution in [0.25, 0.3) is 0 Å². The van der Waals surface area contributed by atoms with E-state index in [1.807, 2.05) is 0 Å². The SMILES string of the molecule is CC1C2C(C[C@H]3[C@@H]4CC[C@H]5C[C@@H](O[C@@H]6O[C@H](COC(=O)CCl)[C@@H](O[C@@H]7O[C@H](COC(=O)NCc8ccccc8)[C@@H](OC(=O)NCc8ccccc8)[C@H](OC(=O)CCl)[C@H]7OC(=O)CCl)[C@H](OC(=O)CCl)[C@H]6OC(=O)CCl)CC[C@]5(C)[C@H]4C(=O)C[C@]23C)O[C@]12CC[C@@H](C)CO2. The first-order valence-electron chi connectivity index (χ1n) is 31.8. The molecule has 8 aliphatic rings. The lowest BCUT2D eigenvalue weighted by atomic mass is 9.44. The van der Waals surface area contributed by atoms with Gasteiger partial charge in [-0.15, -0.1) is 58.0 Å². The van der Waals surface area contributed by atoms with E-state index in [1.54, 1.807) is 60.7 Å². The molecule has 22 atom stereocenters. The number of ketones is 1. The maximum Gasteiger partial charge on any atom is 0.407 e. The van der Waals surface area contributed by atoms with E-state index in [1.165, 1.54) is 0 Å². The van der Waals surface area contributed by atoms with Crippen LogP contribution >= 0.6 is 58.0 Å². The average molecular weight is 1400 g/mol. The smallest absolute Gasteiger partial charge is 0.407 e. The maximum atomic E-state index is 15.0. The molecule has 2 aromatic carbocycles. The summed E-state index contributed by atoms with van der Waals surface area (Å²) in [6.07, 6.45) is -14.8. The Labute approximate surface area is 564 Å². The van der Waals surface area contributed by atoms with Crippen LogP contribution in [-0.4, -0.2) is 176 Å². The first kappa shape index (κ1) is 71.0. The fourth-order valence-corrected chi connectivity index (χ4v) is 16.8. The van der Waals surface area contributed by atoms with Gasteiger partial charge in [-0.3, -0.25) is 28.8 Å². The number of alkyl halides is 5. The second-order valence-corrected chi connectivity index (χ2v) is 27.5. The highest BCUT2D eigenvalue weighted by Crippen LogP contribution is 2.71. The van der Waals surface area contributed by atoms with Crippen LogP contribution in [0.4, 0.5) is 9.59 Å². The van der Waals surface area contributed by atoms with E-state index < -0.39 is 163 Å². The molecule has 4 saturated heterocycles. The number of carbonyl (C=O) groups is 8. The predicted octanol–water partition coefficient (Wildman–Crippen LogP) is 8.44. The van der Waals surface area contributed by atoms with Crippen LogP contribution < -0.4 is 10.6 Å². The van der Waals surface area contributed by atoms with Crippen LogP contribution in [-0.2, 0) is 103 Å². The minimum Gasteiger partial charge on any atom is -0.462 e. The first-order chi connectivity index (χ1) is 44.6. The molecule has 512 valence electrons. The molecule has 8 fully saturated rings. The van der Waals surface area contributed by atoms with Gasteiger partial charge in [-0.2, -0.15) is 0 Å². The van der Waals surface area contributed by atoms with Gasteiger partial charge in [0.2, 0.25) is 0 Å². The number of halogens is 5. The van der Waals surface area contributed by atoms with Crippen LogP contribution in [0, 0.1) is 52.3 Å². The summed E-state index contributed by atoms with van der Waals surface area (Å²) in [5.41, 5.74) is 0.712. The summed E-state index contributed by atoms with van der Waals surface area (Å²) in [5.74, 6) is -8.44. The van der Waals surface area contributed by atoms with Crippen LogP contribution in [0.1, 0.15) is 96.6 Å². The molecule has 0 radical (unpaired) electrons. The van der Waals surface area contributed by atoms with Crippen molar-refractivity contribution in [1.82, 2.24) is 10.6 Å². The highest BCUT2D eigenvalue weighted by Gasteiger charge is 2.71. The summed E-state index contributed by atoms with van der Waals surface area (Å²) >= 11 is 30.3. The number of fused-ring (bicyclic) bond motifs is 7. The van der Waals surface area contributed by atoms with Crippen molar-refractivity contribution in [3.05, 3.63) is 71.8 Å². The van der Waals surface area contributed by atoms with Crippen molar-refractivity contribution in [2.45, 2.75) is 178 Å². The van der Waals surface area contributed by atoms with E-state index >= 15 is 4.79 Å². The van der Waals surface area contributed by atoms with Crippen LogP contribution in [0.5, 0.6) is 0 Å². The number of benzene rings is 2. The molecule has 23 nitrogen and oxygen atoms in total. The third-order valence-electron chi connectivity index (χ3n) is 20.6. The van der Waals surface area contributed by atoms with Gasteiger partial charge in [0.1, 0.15) is 66.7 Å². The number of rotatable bonds is 22. The number of ether oxygens (including phenoxy) is 13. The molecule has 1 spiro atoms. The number of nitrogens with one attached hydrogen (secondary N) is 2. The van der Waals surface area contributed by atoms with E-state index in [9.17, 15) is 33.6 Å². The topological polar surface area (TPSA) is 281 Å². The largest absolute Gasteiger partial charge is 0.462 e. The predicted molar refractivity (Wildman–Crippen MR) is 331 cm³/mol. The molecule has 10 rings (SSSR count). The zero-order valence-corrected chi connectivity index (χ0v) is 55.9. The molecule has 3 unspecified atom stereocenters. The molecule has 4 aliphatic heterocycles. The van der Waals surface area contributed by atoms with E-state index in [0.29, 0.717) is 49.3 Å². The van der Waals surface area contributed by atoms with E-state index in [4.69, 9.17) is 120 Å². The summed E-state index contributed by atoms with van der Waals surface area (Å²) in [5, 5.41) is 5.22. The van der Waals surface area contributed by atoms with Gasteiger partial charge in [-0.05, 0) is 96.5 Å². The minimum atomic E-state index is -2.09. The number of Topliss-reactive ketones (excluding diaryl/α,β-unsaturated/α-hetero) is 1. The standard InChI is InChI=1S/C65H81Cl5N2O21/c1-34-17-20-65(83-31-34)35(2)51-43(93-65)22-41-40-16-15-38-21-39(18-19-63(38,3)52(40)42(73)23-64(41,51)4)84-59-57(89-49(77)27-69)55(87-47(75)25-67)53(44(85-59)32-81-46(74)24-66)91-60-58(90-50(78)28-70)56(88-48(76)26-68)54(92-62(80)72-30-37-13-9-6-10-14-37)45(86-60)33-82-61(79)71-29-36-11-7-5-8-12-36/h5-14,34-35,38-41,43-45,51-60H,15-33H2,1-4H3,(H,71,79)(H,72,80)/t34-,35?,38+,39+,40+,41+,43?,44-,45-,51?,52-,53-,54-,55+,56+,57-,58-,59-,60+,63+,64+,65-/m1/s1. The third-order valence-corrected chi connectivity index (χ3v) is 21.7. The molecular formula is C65H81Cl5N2O21. The van der Waals surface area contributed by atoms with E-state index in [2.05, 4.69) is 38.3 Å². The van der Waals surface area contributed by atoms with Crippen LogP contribution in [0.3, 0.4) is 0 Å². The highest BCUT2D eigenvalue weighted by atomic mass is 35.5. The Balaban J connectivity index is 0.938. The zero-order valence-electron chi connectivity index (χ0n) is 52.1. The zero-order chi connectivity index (χ0) is 66.4. The molecule has 2 N–H and O–H groups in total. The number of amides is 2. The second-order valence-electron chi connectivity index (χ2n) is 26.2. The van der Waals surface area contributed by atoms with Crippen LogP contribution in [0.2, 0.25) is 0 Å². The van der Waals surface area contributed by atoms with Gasteiger partial charge >= 0.3 is 42.0 Å². The molecule has 0 aromatic heterocycles. The summed E-state index contributed by atoms with van der Waals surface area (Å²) in [6.45, 7) is 8.07. The van der Waals surface area contributed by atoms with Crippen molar-refractivity contribution >= 4 is 106 Å². The Morgan fingerprint density at radius 2 is 1.11 bits per heavy atom. The van der Waals surface area contributed by atoms with Gasteiger partial charge in [0.25, 0.3) is 0 Å². The number of esters is 5. The van der Waals surface area contributed by atoms with Crippen LogP contribution in [0.15, 0.2) is 60.7 Å². The molecule has 28 heteroatoms. The lowest BCUT2D eigenvalue weighted by molar-refractivity contribution is -0.364. The Bertz CT molecular complexity index is 2970. The Morgan fingerprint density at radius 1 is 0.570 bits per heavy atom. The van der Waals surface area contributed by atoms with Crippen molar-refractivity contribution in [3.8, 4) is 0 Å². The van der Waals surface area contributed by atoms with Crippen molar-refractivity contribution in [1.29, 1.82) is 0 Å². The quantitative estimate of drug-likeness (QED) is 0.0484. The lowest BCUT2D eigenvalue weighted by Gasteiger charge is -2.60. The Morgan fingerprint density at radius 3 is 1.68 bits per heavy atom. The maximum absolute atomic E-state index is 15.0. The van der Waals surface area contributed by atoms with Crippen molar-refractivity contribution in [3.63, 3.8) is 0 Å². The van der Waals surface area contributed by atoms with Crippen molar-refractivity contribution in [2.75, 3.05) is 49.2 Å². The van der Waals surface area contributed by atoms with Crippen molar-refractivity contribution < 1.29 is 99.9 Å². The molecule has 4 heterocycles. The number of alkyl carbamates (subject to hydrolysis) is 2. The Kier molecular flexibility index (Phi) is 23.8. The van der Waals surface area contributed by atoms with Gasteiger partial charge < -0.3 is 72.2 Å². The third kappa shape index (κ3) is 15.8. The molecule has 2 amide bonds. The molecular weight excluding hydrogens is 1320 g/mol. The van der Waals surface area contributed by atoms with Gasteiger partial charge in [-0.1, -0.05) is 88.4 Å². The highest BCUT2D eigenvalue weighted by molar-refractivity contribution is 6.27. The summed E-state index contributed by atoms with van der Waals surface area (Å²) < 4.78 is 81.2. The van der Waals surface area contributed by atoms with E-state index in [0.717, 1.165) is 32.1 Å². The number of hydrogen-bond donors (Lipinski definition) is 2. The van der Waals surface area contributed by atoms with Gasteiger partial charge in [0, 0.05) is 37.8 Å².